The van der Waals surface area contributed by atoms with Gasteiger partial charge in [0.15, 0.2) is 23.1 Å². The summed E-state index contributed by atoms with van der Waals surface area (Å²) >= 11 is 0. The molecule has 5 heterocycles. The molecule has 3 N–H and O–H groups in total. The lowest BCUT2D eigenvalue weighted by atomic mass is 9.93. The van der Waals surface area contributed by atoms with Gasteiger partial charge in [0.1, 0.15) is 11.3 Å². The summed E-state index contributed by atoms with van der Waals surface area (Å²) in [5.74, 6) is -1.94. The van der Waals surface area contributed by atoms with Gasteiger partial charge in [0, 0.05) is 32.1 Å². The molecule has 0 saturated carbocycles. The molecule has 10 nitrogen and oxygen atoms in total. The van der Waals surface area contributed by atoms with Gasteiger partial charge in [-0.2, -0.15) is 0 Å². The van der Waals surface area contributed by atoms with Crippen LogP contribution in [0.5, 0.6) is 0 Å². The van der Waals surface area contributed by atoms with Crippen LogP contribution in [0.2, 0.25) is 0 Å². The minimum absolute atomic E-state index is 0.0518. The minimum atomic E-state index is -0.668. The summed E-state index contributed by atoms with van der Waals surface area (Å²) in [6.07, 6.45) is 6.67. The largest absolute Gasteiger partial charge is 0.381 e. The van der Waals surface area contributed by atoms with Crippen molar-refractivity contribution in [3.8, 4) is 0 Å². The third-order valence-electron chi connectivity index (χ3n) is 6.14. The molecular formula is C21H22F2N8O2. The van der Waals surface area contributed by atoms with Crippen LogP contribution < -0.4 is 16.0 Å². The van der Waals surface area contributed by atoms with E-state index >= 15 is 0 Å². The predicted molar refractivity (Wildman–Crippen MR) is 116 cm³/mol. The molecule has 172 valence electrons. The lowest BCUT2D eigenvalue weighted by molar-refractivity contribution is -0.139. The maximum atomic E-state index is 14.8. The van der Waals surface area contributed by atoms with Crippen LogP contribution in [-0.4, -0.2) is 62.5 Å². The van der Waals surface area contributed by atoms with Crippen LogP contribution >= 0.6 is 0 Å². The third kappa shape index (κ3) is 3.81. The summed E-state index contributed by atoms with van der Waals surface area (Å²) in [6.45, 7) is 2.55. The molecule has 12 heteroatoms. The summed E-state index contributed by atoms with van der Waals surface area (Å²) in [4.78, 5) is 36.9. The Morgan fingerprint density at radius 3 is 2.55 bits per heavy atom. The van der Waals surface area contributed by atoms with Gasteiger partial charge in [0.05, 0.1) is 30.5 Å². The Hall–Kier alpha value is -3.83. The second kappa shape index (κ2) is 8.26. The Morgan fingerprint density at radius 2 is 1.85 bits per heavy atom. The molecule has 2 saturated heterocycles. The van der Waals surface area contributed by atoms with E-state index in [1.54, 1.807) is 4.90 Å². The number of rotatable bonds is 4. The average molecular weight is 456 g/mol. The number of hydrogen-bond donors (Lipinski definition) is 2. The number of carbonyl (C=O) groups is 2. The molecule has 0 unspecified atom stereocenters. The Labute approximate surface area is 187 Å². The number of halogens is 2. The first kappa shape index (κ1) is 21.0. The first-order valence-electron chi connectivity index (χ1n) is 10.7. The van der Waals surface area contributed by atoms with E-state index in [0.29, 0.717) is 25.9 Å². The standard InChI is InChI=1S/C21H22F2N8O2/c22-13-8-26-19-16(18(24)28-31(19)11-13)20(32)27-15-10-25-9-14(23)17(15)29-6-2-12(3-7-29)21(33)30-4-1-5-30/h8-12H,1-7H2,(H2,24,28)(H,27,32). The molecule has 33 heavy (non-hydrogen) atoms. The number of likely N-dealkylation sites (tertiary alicyclic amines) is 1. The highest BCUT2D eigenvalue weighted by molar-refractivity contribution is 6.12. The fourth-order valence-corrected chi connectivity index (χ4v) is 4.32. The molecule has 0 atom stereocenters. The number of piperidine rings is 1. The van der Waals surface area contributed by atoms with Crippen molar-refractivity contribution in [1.29, 1.82) is 0 Å². The Kier molecular flexibility index (Phi) is 5.27. The fourth-order valence-electron chi connectivity index (χ4n) is 4.32. The van der Waals surface area contributed by atoms with Gasteiger partial charge in [-0.25, -0.2) is 18.3 Å². The quantitative estimate of drug-likeness (QED) is 0.613. The van der Waals surface area contributed by atoms with Gasteiger partial charge in [-0.1, -0.05) is 0 Å². The molecule has 5 rings (SSSR count). The van der Waals surface area contributed by atoms with Crippen LogP contribution in [0.15, 0.2) is 24.8 Å². The summed E-state index contributed by atoms with van der Waals surface area (Å²) < 4.78 is 29.3. The maximum absolute atomic E-state index is 14.8. The number of amides is 2. The number of carbonyl (C=O) groups excluding carboxylic acids is 2. The molecule has 2 aliphatic heterocycles. The number of fused-ring (bicyclic) bond motifs is 1. The zero-order valence-corrected chi connectivity index (χ0v) is 17.7. The highest BCUT2D eigenvalue weighted by Crippen LogP contribution is 2.33. The van der Waals surface area contributed by atoms with E-state index in [1.165, 1.54) is 6.20 Å². The van der Waals surface area contributed by atoms with Gasteiger partial charge in [0.2, 0.25) is 5.91 Å². The van der Waals surface area contributed by atoms with E-state index in [-0.39, 0.29) is 40.2 Å². The number of nitrogens with zero attached hydrogens (tertiary/aromatic N) is 6. The summed E-state index contributed by atoms with van der Waals surface area (Å²) in [6, 6.07) is 0. The average Bonchev–Trinajstić information content (AvgIpc) is 3.07. The van der Waals surface area contributed by atoms with Gasteiger partial charge in [-0.3, -0.25) is 14.6 Å². The monoisotopic (exact) mass is 456 g/mol. The summed E-state index contributed by atoms with van der Waals surface area (Å²) in [7, 11) is 0. The molecular weight excluding hydrogens is 434 g/mol. The molecule has 0 aromatic carbocycles. The van der Waals surface area contributed by atoms with Crippen LogP contribution in [0.3, 0.4) is 0 Å². The van der Waals surface area contributed by atoms with Crippen molar-refractivity contribution >= 4 is 34.7 Å². The molecule has 3 aromatic heterocycles. The van der Waals surface area contributed by atoms with Crippen molar-refractivity contribution in [2.75, 3.05) is 42.1 Å². The zero-order valence-electron chi connectivity index (χ0n) is 17.7. The van der Waals surface area contributed by atoms with Crippen molar-refractivity contribution in [3.05, 3.63) is 42.0 Å². The van der Waals surface area contributed by atoms with Crippen LogP contribution in [0.1, 0.15) is 29.6 Å². The summed E-state index contributed by atoms with van der Waals surface area (Å²) in [5, 5.41) is 6.56. The van der Waals surface area contributed by atoms with Gasteiger partial charge in [-0.05, 0) is 19.3 Å². The van der Waals surface area contributed by atoms with Crippen molar-refractivity contribution in [2.24, 2.45) is 5.92 Å². The lowest BCUT2D eigenvalue weighted by Gasteiger charge is -2.38. The highest BCUT2D eigenvalue weighted by Gasteiger charge is 2.32. The van der Waals surface area contributed by atoms with E-state index < -0.39 is 17.5 Å². The van der Waals surface area contributed by atoms with Crippen LogP contribution in [0, 0.1) is 17.6 Å². The van der Waals surface area contributed by atoms with Gasteiger partial charge >= 0.3 is 0 Å². The Morgan fingerprint density at radius 1 is 1.09 bits per heavy atom. The third-order valence-corrected chi connectivity index (χ3v) is 6.14. The van der Waals surface area contributed by atoms with E-state index in [9.17, 15) is 18.4 Å². The normalized spacial score (nSPS) is 16.7. The smallest absolute Gasteiger partial charge is 0.263 e. The van der Waals surface area contributed by atoms with Gasteiger partial charge in [0.25, 0.3) is 5.91 Å². The Balaban J connectivity index is 1.36. The van der Waals surface area contributed by atoms with Crippen molar-refractivity contribution < 1.29 is 18.4 Å². The number of hydrogen-bond acceptors (Lipinski definition) is 7. The molecule has 0 radical (unpaired) electrons. The number of anilines is 3. The summed E-state index contributed by atoms with van der Waals surface area (Å²) in [5.41, 5.74) is 6.24. The predicted octanol–water partition coefficient (Wildman–Crippen LogP) is 1.69. The minimum Gasteiger partial charge on any atom is -0.381 e. The second-order valence-corrected chi connectivity index (χ2v) is 8.21. The topological polar surface area (TPSA) is 122 Å². The zero-order chi connectivity index (χ0) is 23.1. The van der Waals surface area contributed by atoms with Crippen LogP contribution in [-0.2, 0) is 4.79 Å². The lowest BCUT2D eigenvalue weighted by Crippen LogP contribution is -2.48. The van der Waals surface area contributed by atoms with Crippen molar-refractivity contribution in [1.82, 2.24) is 24.5 Å². The van der Waals surface area contributed by atoms with Crippen molar-refractivity contribution in [2.45, 2.75) is 19.3 Å². The highest BCUT2D eigenvalue weighted by atomic mass is 19.1. The van der Waals surface area contributed by atoms with Crippen LogP contribution in [0.25, 0.3) is 5.65 Å². The number of nitrogens with two attached hydrogens (primary N) is 1. The molecule has 0 spiro atoms. The van der Waals surface area contributed by atoms with E-state index in [1.807, 2.05) is 4.90 Å². The van der Waals surface area contributed by atoms with E-state index in [0.717, 1.165) is 42.6 Å². The molecule has 2 aliphatic rings. The molecule has 2 amide bonds. The van der Waals surface area contributed by atoms with E-state index in [4.69, 9.17) is 5.73 Å². The number of aromatic nitrogens is 4. The van der Waals surface area contributed by atoms with Gasteiger partial charge in [-0.15, -0.1) is 5.10 Å². The van der Waals surface area contributed by atoms with Crippen molar-refractivity contribution in [3.63, 3.8) is 0 Å². The number of pyridine rings is 1. The number of nitrogens with one attached hydrogen (secondary N) is 1. The SMILES string of the molecule is Nc1nn2cc(F)cnc2c1C(=O)Nc1cncc(F)c1N1CCC(C(=O)N2CCC2)CC1. The number of nitrogen functional groups attached to an aromatic ring is 1. The molecule has 2 fully saturated rings. The molecule has 0 aliphatic carbocycles. The molecule has 0 bridgehead atoms. The first-order valence-corrected chi connectivity index (χ1v) is 10.7. The van der Waals surface area contributed by atoms with Crippen LogP contribution in [0.4, 0.5) is 26.0 Å². The second-order valence-electron chi connectivity index (χ2n) is 8.21. The Bertz CT molecular complexity index is 1230. The fraction of sp³-hybridized carbons (Fsp3) is 0.381. The maximum Gasteiger partial charge on any atom is 0.263 e. The van der Waals surface area contributed by atoms with E-state index in [2.05, 4.69) is 20.4 Å². The van der Waals surface area contributed by atoms with Gasteiger partial charge < -0.3 is 20.9 Å². The molecule has 3 aromatic rings. The first-order chi connectivity index (χ1) is 15.9.